The summed E-state index contributed by atoms with van der Waals surface area (Å²) in [6.07, 6.45) is 6.72. The zero-order chi connectivity index (χ0) is 18.1. The Morgan fingerprint density at radius 1 is 1.04 bits per heavy atom. The third kappa shape index (κ3) is 2.41. The molecule has 0 aromatic rings. The van der Waals surface area contributed by atoms with Gasteiger partial charge in [0.2, 0.25) is 0 Å². The zero-order valence-electron chi connectivity index (χ0n) is 16.4. The Bertz CT molecular complexity index is 559. The van der Waals surface area contributed by atoms with E-state index in [2.05, 4.69) is 20.8 Å². The monoisotopic (exact) mass is 348 g/mol. The van der Waals surface area contributed by atoms with Crippen LogP contribution in [-0.2, 0) is 4.79 Å². The van der Waals surface area contributed by atoms with Gasteiger partial charge in [0.15, 0.2) is 0 Å². The number of aliphatic hydroxyl groups excluding tert-OH is 2. The van der Waals surface area contributed by atoms with Crippen molar-refractivity contribution in [1.29, 1.82) is 0 Å². The van der Waals surface area contributed by atoms with E-state index in [4.69, 9.17) is 0 Å². The summed E-state index contributed by atoms with van der Waals surface area (Å²) in [6.45, 7) is 8.70. The van der Waals surface area contributed by atoms with Gasteiger partial charge in [0.1, 0.15) is 5.78 Å². The second kappa shape index (κ2) is 5.79. The molecule has 3 heteroatoms. The van der Waals surface area contributed by atoms with Crippen molar-refractivity contribution in [3.05, 3.63) is 0 Å². The summed E-state index contributed by atoms with van der Waals surface area (Å²) in [4.78, 5) is 12.4. The van der Waals surface area contributed by atoms with E-state index in [1.807, 2.05) is 0 Å². The van der Waals surface area contributed by atoms with Crippen molar-refractivity contribution in [3.8, 4) is 0 Å². The maximum Gasteiger partial charge on any atom is 0.133 e. The van der Waals surface area contributed by atoms with E-state index >= 15 is 0 Å². The van der Waals surface area contributed by atoms with Crippen LogP contribution in [0.5, 0.6) is 0 Å². The zero-order valence-corrected chi connectivity index (χ0v) is 16.4. The Balaban J connectivity index is 1.69. The molecule has 4 aliphatic rings. The summed E-state index contributed by atoms with van der Waals surface area (Å²) in [6, 6.07) is 0. The van der Waals surface area contributed by atoms with E-state index in [0.29, 0.717) is 35.4 Å². The van der Waals surface area contributed by atoms with Gasteiger partial charge in [0, 0.05) is 5.92 Å². The Labute approximate surface area is 152 Å². The minimum absolute atomic E-state index is 0.0246. The molecule has 4 aliphatic carbocycles. The highest BCUT2D eigenvalue weighted by atomic mass is 16.3. The third-order valence-electron chi connectivity index (χ3n) is 9.35. The minimum atomic E-state index is -0.290. The number of Topliss-reactive ketones (excluding diaryl/α,β-unsaturated/α-hetero) is 1. The smallest absolute Gasteiger partial charge is 0.133 e. The summed E-state index contributed by atoms with van der Waals surface area (Å²) in [5.41, 5.74) is 0.143. The molecule has 0 heterocycles. The predicted molar refractivity (Wildman–Crippen MR) is 97.8 cm³/mol. The van der Waals surface area contributed by atoms with Crippen LogP contribution in [0.3, 0.4) is 0 Å². The fraction of sp³-hybridized carbons (Fsp3) is 0.955. The molecule has 4 unspecified atom stereocenters. The number of ketones is 1. The predicted octanol–water partition coefficient (Wildman–Crippen LogP) is 3.81. The quantitative estimate of drug-likeness (QED) is 0.757. The summed E-state index contributed by atoms with van der Waals surface area (Å²) in [5, 5.41) is 21.4. The first-order chi connectivity index (χ1) is 11.7. The molecule has 2 N–H and O–H groups in total. The molecule has 0 aromatic carbocycles. The van der Waals surface area contributed by atoms with Gasteiger partial charge in [-0.3, -0.25) is 4.79 Å². The number of hydrogen-bond donors (Lipinski definition) is 2. The van der Waals surface area contributed by atoms with Crippen molar-refractivity contribution in [2.24, 2.45) is 46.3 Å². The lowest BCUT2D eigenvalue weighted by Gasteiger charge is -2.62. The summed E-state index contributed by atoms with van der Waals surface area (Å²) in [7, 11) is 0. The number of carbonyl (C=O) groups is 1. The van der Waals surface area contributed by atoms with E-state index in [1.54, 1.807) is 6.92 Å². The third-order valence-corrected chi connectivity index (χ3v) is 9.35. The first kappa shape index (κ1) is 18.0. The molecule has 0 spiro atoms. The first-order valence-corrected chi connectivity index (χ1v) is 10.5. The fourth-order valence-electron chi connectivity index (χ4n) is 8.59. The molecule has 0 aliphatic heterocycles. The van der Waals surface area contributed by atoms with Crippen LogP contribution < -0.4 is 0 Å². The lowest BCUT2D eigenvalue weighted by molar-refractivity contribution is -0.178. The van der Waals surface area contributed by atoms with Crippen LogP contribution in [0.2, 0.25) is 0 Å². The molecule has 3 nitrogen and oxygen atoms in total. The average Bonchev–Trinajstić information content (AvgIpc) is 2.77. The van der Waals surface area contributed by atoms with Gasteiger partial charge in [0.25, 0.3) is 0 Å². The Hall–Kier alpha value is -0.410. The molecule has 4 fully saturated rings. The molecule has 0 radical (unpaired) electrons. The second-order valence-electron chi connectivity index (χ2n) is 10.6. The Morgan fingerprint density at radius 2 is 1.76 bits per heavy atom. The molecular weight excluding hydrogens is 312 g/mol. The number of hydrogen-bond acceptors (Lipinski definition) is 3. The van der Waals surface area contributed by atoms with Crippen LogP contribution >= 0.6 is 0 Å². The number of fused-ring (bicyclic) bond motifs is 5. The van der Waals surface area contributed by atoms with Crippen molar-refractivity contribution in [2.75, 3.05) is 0 Å². The molecule has 0 saturated heterocycles. The van der Waals surface area contributed by atoms with Crippen LogP contribution in [0.25, 0.3) is 0 Å². The number of carbonyl (C=O) groups excluding carboxylic acids is 1. The molecule has 0 amide bonds. The normalized spacial score (nSPS) is 58.2. The van der Waals surface area contributed by atoms with Gasteiger partial charge in [-0.15, -0.1) is 0 Å². The average molecular weight is 349 g/mol. The largest absolute Gasteiger partial charge is 0.393 e. The van der Waals surface area contributed by atoms with Crippen molar-refractivity contribution in [3.63, 3.8) is 0 Å². The lowest BCUT2D eigenvalue weighted by Crippen LogP contribution is -2.59. The van der Waals surface area contributed by atoms with E-state index in [1.165, 1.54) is 12.8 Å². The van der Waals surface area contributed by atoms with Gasteiger partial charge >= 0.3 is 0 Å². The van der Waals surface area contributed by atoms with Crippen molar-refractivity contribution in [2.45, 2.75) is 84.8 Å². The van der Waals surface area contributed by atoms with Gasteiger partial charge in [-0.25, -0.2) is 0 Å². The molecule has 0 aromatic heterocycles. The highest BCUT2D eigenvalue weighted by Crippen LogP contribution is 2.68. The van der Waals surface area contributed by atoms with Crippen LogP contribution in [0.1, 0.15) is 72.6 Å². The van der Waals surface area contributed by atoms with Gasteiger partial charge in [-0.2, -0.15) is 0 Å². The highest BCUT2D eigenvalue weighted by Gasteiger charge is 2.64. The molecule has 0 bridgehead atoms. The maximum absolute atomic E-state index is 12.4. The van der Waals surface area contributed by atoms with Crippen LogP contribution in [-0.4, -0.2) is 28.2 Å². The van der Waals surface area contributed by atoms with Crippen molar-refractivity contribution in [1.82, 2.24) is 0 Å². The number of rotatable bonds is 1. The standard InChI is InChI=1S/C22H36O3/c1-12-9-17-16-6-5-14-10-15(24)7-8-21(14,3)20(16)18(25)11-22(17,4)19(12)13(2)23/h12,14-20,24-25H,5-11H2,1-4H3/t12?,14?,15?,16-,17-,18?,19+,20+,21-,22-/m0/s1. The Morgan fingerprint density at radius 3 is 2.44 bits per heavy atom. The number of aliphatic hydroxyl groups is 2. The second-order valence-corrected chi connectivity index (χ2v) is 10.6. The summed E-state index contributed by atoms with van der Waals surface area (Å²) < 4.78 is 0. The molecule has 4 saturated carbocycles. The van der Waals surface area contributed by atoms with E-state index in [9.17, 15) is 15.0 Å². The minimum Gasteiger partial charge on any atom is -0.393 e. The van der Waals surface area contributed by atoms with Gasteiger partial charge in [-0.1, -0.05) is 20.8 Å². The topological polar surface area (TPSA) is 57.5 Å². The first-order valence-electron chi connectivity index (χ1n) is 10.5. The van der Waals surface area contributed by atoms with Gasteiger partial charge in [0.05, 0.1) is 12.2 Å². The highest BCUT2D eigenvalue weighted by molar-refractivity contribution is 5.80. The van der Waals surface area contributed by atoms with Crippen molar-refractivity contribution >= 4 is 5.78 Å². The summed E-state index contributed by atoms with van der Waals surface area (Å²) >= 11 is 0. The molecular formula is C22H36O3. The molecule has 25 heavy (non-hydrogen) atoms. The van der Waals surface area contributed by atoms with Crippen LogP contribution in [0, 0.1) is 46.3 Å². The van der Waals surface area contributed by atoms with Crippen LogP contribution in [0.15, 0.2) is 0 Å². The van der Waals surface area contributed by atoms with Gasteiger partial charge in [-0.05, 0) is 92.3 Å². The molecule has 4 rings (SSSR count). The fourth-order valence-corrected chi connectivity index (χ4v) is 8.59. The maximum atomic E-state index is 12.4. The molecule has 10 atom stereocenters. The van der Waals surface area contributed by atoms with E-state index in [-0.39, 0.29) is 29.0 Å². The van der Waals surface area contributed by atoms with E-state index < -0.39 is 0 Å². The summed E-state index contributed by atoms with van der Waals surface area (Å²) in [5.74, 6) is 2.92. The van der Waals surface area contributed by atoms with Gasteiger partial charge < -0.3 is 10.2 Å². The van der Waals surface area contributed by atoms with Crippen molar-refractivity contribution < 1.29 is 15.0 Å². The van der Waals surface area contributed by atoms with Crippen LogP contribution in [0.4, 0.5) is 0 Å². The Kier molecular flexibility index (Phi) is 4.16. The SMILES string of the molecule is CC(=O)[C@H]1C(C)C[C@H]2[C@@H]3CCC4CC(O)CC[C@]4(C)[C@H]3C(O)C[C@]12C. The molecule has 142 valence electrons. The van der Waals surface area contributed by atoms with E-state index in [0.717, 1.165) is 32.1 Å². The lowest BCUT2D eigenvalue weighted by atomic mass is 9.44.